The smallest absolute Gasteiger partial charge is 0.317 e. The number of amides is 2. The van der Waals surface area contributed by atoms with Crippen molar-refractivity contribution in [3.63, 3.8) is 0 Å². The van der Waals surface area contributed by atoms with Crippen molar-refractivity contribution in [2.75, 3.05) is 53.6 Å². The van der Waals surface area contributed by atoms with E-state index in [1.807, 2.05) is 25.2 Å². The lowest BCUT2D eigenvalue weighted by atomic mass is 9.80. The Morgan fingerprint density at radius 3 is 2.71 bits per heavy atom. The van der Waals surface area contributed by atoms with E-state index in [0.29, 0.717) is 13.2 Å². The first-order valence-corrected chi connectivity index (χ1v) is 10.4. The second kappa shape index (κ2) is 10.2. The highest BCUT2D eigenvalue weighted by atomic mass is 16.5. The van der Waals surface area contributed by atoms with Crippen LogP contribution < -0.4 is 5.32 Å². The molecule has 1 saturated carbocycles. The molecule has 1 saturated heterocycles. The summed E-state index contributed by atoms with van der Waals surface area (Å²) in [6, 6.07) is 5.46. The number of ether oxygens (including phenoxy) is 2. The molecule has 1 unspecified atom stereocenters. The average molecular weight is 391 g/mol. The Labute approximate surface area is 168 Å². The number of nitrogens with one attached hydrogen (secondary N) is 1. The van der Waals surface area contributed by atoms with Crippen LogP contribution in [0.15, 0.2) is 24.4 Å². The van der Waals surface area contributed by atoms with Gasteiger partial charge in [-0.25, -0.2) is 4.79 Å². The fraction of sp³-hybridized carbons (Fsp3) is 0.714. The van der Waals surface area contributed by atoms with Crippen molar-refractivity contribution in [1.29, 1.82) is 0 Å². The summed E-state index contributed by atoms with van der Waals surface area (Å²) in [4.78, 5) is 21.7. The highest BCUT2D eigenvalue weighted by Crippen LogP contribution is 2.34. The van der Waals surface area contributed by atoms with Crippen molar-refractivity contribution >= 4 is 6.03 Å². The molecule has 2 heterocycles. The van der Waals surface area contributed by atoms with E-state index in [9.17, 15) is 4.79 Å². The molecule has 1 N–H and O–H groups in total. The van der Waals surface area contributed by atoms with Crippen LogP contribution in [0.3, 0.4) is 0 Å². The molecule has 156 valence electrons. The van der Waals surface area contributed by atoms with Crippen molar-refractivity contribution in [3.05, 3.63) is 30.1 Å². The first-order valence-electron chi connectivity index (χ1n) is 10.4. The monoisotopic (exact) mass is 390 g/mol. The third kappa shape index (κ3) is 5.01. The fourth-order valence-corrected chi connectivity index (χ4v) is 4.49. The van der Waals surface area contributed by atoms with Crippen LogP contribution >= 0.6 is 0 Å². The maximum Gasteiger partial charge on any atom is 0.317 e. The summed E-state index contributed by atoms with van der Waals surface area (Å²) in [6.07, 6.45) is 7.76. The van der Waals surface area contributed by atoms with Crippen molar-refractivity contribution in [2.45, 2.75) is 43.7 Å². The summed E-state index contributed by atoms with van der Waals surface area (Å²) in [5.74, 6) is 0. The predicted octanol–water partition coefficient (Wildman–Crippen LogP) is 2.45. The van der Waals surface area contributed by atoms with Crippen molar-refractivity contribution in [1.82, 2.24) is 20.1 Å². The van der Waals surface area contributed by atoms with Gasteiger partial charge in [0.25, 0.3) is 0 Å². The van der Waals surface area contributed by atoms with Crippen LogP contribution in [0, 0.1) is 0 Å². The van der Waals surface area contributed by atoms with E-state index in [1.54, 1.807) is 18.2 Å². The summed E-state index contributed by atoms with van der Waals surface area (Å²) in [5.41, 5.74) is 0.892. The van der Waals surface area contributed by atoms with Gasteiger partial charge in [-0.1, -0.05) is 25.3 Å². The average Bonchev–Trinajstić information content (AvgIpc) is 2.77. The molecule has 7 heteroatoms. The molecule has 0 aromatic carbocycles. The molecule has 0 radical (unpaired) electrons. The van der Waals surface area contributed by atoms with Gasteiger partial charge in [0.05, 0.1) is 31.6 Å². The molecule has 1 aliphatic carbocycles. The van der Waals surface area contributed by atoms with Gasteiger partial charge in [0, 0.05) is 45.5 Å². The maximum atomic E-state index is 13.0. The van der Waals surface area contributed by atoms with Gasteiger partial charge >= 0.3 is 6.03 Å². The number of carbonyl (C=O) groups excluding carboxylic acids is 1. The lowest BCUT2D eigenvalue weighted by Gasteiger charge is -2.48. The van der Waals surface area contributed by atoms with Crippen LogP contribution in [0.4, 0.5) is 4.79 Å². The zero-order valence-corrected chi connectivity index (χ0v) is 17.2. The van der Waals surface area contributed by atoms with E-state index in [1.165, 1.54) is 19.3 Å². The van der Waals surface area contributed by atoms with Gasteiger partial charge in [-0.3, -0.25) is 9.88 Å². The topological polar surface area (TPSA) is 66.9 Å². The third-order valence-corrected chi connectivity index (χ3v) is 6.18. The SMILES string of the molecule is COCC(c1ccccn1)N(C)C(=O)NCC1(N2CCOCC2)CCCCC1. The summed E-state index contributed by atoms with van der Waals surface area (Å²) >= 11 is 0. The van der Waals surface area contributed by atoms with E-state index in [2.05, 4.69) is 15.2 Å². The second-order valence-corrected chi connectivity index (χ2v) is 7.88. The van der Waals surface area contributed by atoms with Crippen LogP contribution in [-0.4, -0.2) is 80.0 Å². The molecule has 2 aliphatic rings. The zero-order valence-electron chi connectivity index (χ0n) is 17.2. The summed E-state index contributed by atoms with van der Waals surface area (Å²) in [6.45, 7) is 4.56. The Morgan fingerprint density at radius 1 is 1.32 bits per heavy atom. The minimum absolute atomic E-state index is 0.0558. The number of nitrogens with zero attached hydrogens (tertiary/aromatic N) is 3. The van der Waals surface area contributed by atoms with Crippen LogP contribution in [0.25, 0.3) is 0 Å². The van der Waals surface area contributed by atoms with Crippen LogP contribution in [0.1, 0.15) is 43.8 Å². The van der Waals surface area contributed by atoms with Gasteiger partial charge in [0.1, 0.15) is 0 Å². The lowest BCUT2D eigenvalue weighted by molar-refractivity contribution is -0.0361. The Bertz CT molecular complexity index is 601. The molecule has 0 spiro atoms. The van der Waals surface area contributed by atoms with Crippen LogP contribution in [0.5, 0.6) is 0 Å². The molecule has 1 aromatic rings. The minimum Gasteiger partial charge on any atom is -0.382 e. The molecule has 2 amide bonds. The van der Waals surface area contributed by atoms with Crippen LogP contribution in [0.2, 0.25) is 0 Å². The Morgan fingerprint density at radius 2 is 2.07 bits per heavy atom. The van der Waals surface area contributed by atoms with Crippen LogP contribution in [-0.2, 0) is 9.47 Å². The first kappa shape index (κ1) is 21.0. The highest BCUT2D eigenvalue weighted by molar-refractivity contribution is 5.74. The molecule has 7 nitrogen and oxygen atoms in total. The zero-order chi connectivity index (χ0) is 19.8. The normalized spacial score (nSPS) is 21.1. The number of aromatic nitrogens is 1. The van der Waals surface area contributed by atoms with E-state index >= 15 is 0 Å². The molecule has 28 heavy (non-hydrogen) atoms. The summed E-state index contributed by atoms with van der Waals surface area (Å²) in [5, 5.41) is 3.22. The molecule has 1 atom stereocenters. The van der Waals surface area contributed by atoms with Gasteiger partial charge in [-0.05, 0) is 25.0 Å². The summed E-state index contributed by atoms with van der Waals surface area (Å²) < 4.78 is 10.9. The number of rotatable bonds is 7. The quantitative estimate of drug-likeness (QED) is 0.775. The molecule has 3 rings (SSSR count). The maximum absolute atomic E-state index is 13.0. The van der Waals surface area contributed by atoms with Gasteiger partial charge in [-0.2, -0.15) is 0 Å². The van der Waals surface area contributed by atoms with Gasteiger partial charge in [-0.15, -0.1) is 0 Å². The van der Waals surface area contributed by atoms with E-state index in [0.717, 1.165) is 44.8 Å². The summed E-state index contributed by atoms with van der Waals surface area (Å²) in [7, 11) is 3.47. The van der Waals surface area contributed by atoms with E-state index in [4.69, 9.17) is 9.47 Å². The standard InChI is InChI=1S/C21H34N4O3/c1-24(19(16-27-2)18-8-4-7-11-22-18)20(26)23-17-21(9-5-3-6-10-21)25-12-14-28-15-13-25/h4,7-8,11,19H,3,5-6,9-10,12-17H2,1-2H3,(H,23,26). The second-order valence-electron chi connectivity index (χ2n) is 7.88. The number of morpholine rings is 1. The largest absolute Gasteiger partial charge is 0.382 e. The Balaban J connectivity index is 1.65. The third-order valence-electron chi connectivity index (χ3n) is 6.18. The van der Waals surface area contributed by atoms with E-state index < -0.39 is 0 Å². The molecular weight excluding hydrogens is 356 g/mol. The number of hydrogen-bond donors (Lipinski definition) is 1. The number of likely N-dealkylation sites (N-methyl/N-ethyl adjacent to an activating group) is 1. The minimum atomic E-state index is -0.211. The van der Waals surface area contributed by atoms with Gasteiger partial charge < -0.3 is 19.7 Å². The Kier molecular flexibility index (Phi) is 7.65. The Hall–Kier alpha value is -1.70. The predicted molar refractivity (Wildman–Crippen MR) is 108 cm³/mol. The van der Waals surface area contributed by atoms with Crippen molar-refractivity contribution in [3.8, 4) is 0 Å². The van der Waals surface area contributed by atoms with Gasteiger partial charge in [0.15, 0.2) is 0 Å². The highest BCUT2D eigenvalue weighted by Gasteiger charge is 2.39. The molecule has 1 aliphatic heterocycles. The number of urea groups is 1. The number of methoxy groups -OCH3 is 1. The number of carbonyl (C=O) groups is 1. The van der Waals surface area contributed by atoms with Gasteiger partial charge in [0.2, 0.25) is 0 Å². The fourth-order valence-electron chi connectivity index (χ4n) is 4.49. The lowest BCUT2D eigenvalue weighted by Crippen LogP contribution is -2.60. The number of pyridine rings is 1. The molecule has 1 aromatic heterocycles. The molecular formula is C21H34N4O3. The van der Waals surface area contributed by atoms with Crippen molar-refractivity contribution < 1.29 is 14.3 Å². The first-order chi connectivity index (χ1) is 13.7. The van der Waals surface area contributed by atoms with Crippen molar-refractivity contribution in [2.24, 2.45) is 0 Å². The van der Waals surface area contributed by atoms with E-state index in [-0.39, 0.29) is 17.6 Å². The molecule has 0 bridgehead atoms. The number of hydrogen-bond acceptors (Lipinski definition) is 5. The molecule has 2 fully saturated rings.